The summed E-state index contributed by atoms with van der Waals surface area (Å²) in [7, 11) is 0. The minimum absolute atomic E-state index is 0.169. The molecule has 0 spiro atoms. The second kappa shape index (κ2) is 4.94. The van der Waals surface area contributed by atoms with Crippen LogP contribution in [-0.4, -0.2) is 36.7 Å². The molecule has 1 fully saturated rings. The van der Waals surface area contributed by atoms with Gasteiger partial charge in [0.2, 0.25) is 0 Å². The Kier molecular flexibility index (Phi) is 4.20. The number of nitrogens with one attached hydrogen (secondary N) is 2. The monoisotopic (exact) mass is 242 g/mol. The molecule has 100 valence electrons. The van der Waals surface area contributed by atoms with E-state index >= 15 is 0 Å². The van der Waals surface area contributed by atoms with Gasteiger partial charge in [0.25, 0.3) is 0 Å². The number of rotatable bonds is 1. The topological polar surface area (TPSA) is 50.4 Å². The van der Waals surface area contributed by atoms with Gasteiger partial charge in [0.1, 0.15) is 11.6 Å². The van der Waals surface area contributed by atoms with Gasteiger partial charge in [-0.3, -0.25) is 4.79 Å². The Morgan fingerprint density at radius 3 is 2.00 bits per heavy atom. The average molecular weight is 242 g/mol. The van der Waals surface area contributed by atoms with Crippen LogP contribution in [0.15, 0.2) is 0 Å². The minimum Gasteiger partial charge on any atom is -0.459 e. The van der Waals surface area contributed by atoms with E-state index in [4.69, 9.17) is 4.74 Å². The molecule has 17 heavy (non-hydrogen) atoms. The van der Waals surface area contributed by atoms with Gasteiger partial charge in [-0.2, -0.15) is 0 Å². The zero-order valence-electron chi connectivity index (χ0n) is 11.9. The number of carbonyl (C=O) groups excluding carboxylic acids is 1. The molecule has 0 amide bonds. The maximum atomic E-state index is 11.8. The van der Waals surface area contributed by atoms with Crippen LogP contribution in [0.4, 0.5) is 0 Å². The van der Waals surface area contributed by atoms with E-state index < -0.39 is 5.60 Å². The van der Waals surface area contributed by atoms with Gasteiger partial charge in [0, 0.05) is 19.1 Å². The van der Waals surface area contributed by atoms with Crippen molar-refractivity contribution in [1.29, 1.82) is 0 Å². The molecule has 4 heteroatoms. The number of hydrogen-bond donors (Lipinski definition) is 2. The lowest BCUT2D eigenvalue weighted by molar-refractivity contribution is -0.158. The van der Waals surface area contributed by atoms with Crippen LogP contribution in [0.1, 0.15) is 41.5 Å². The van der Waals surface area contributed by atoms with Crippen LogP contribution in [0.5, 0.6) is 0 Å². The largest absolute Gasteiger partial charge is 0.459 e. The summed E-state index contributed by atoms with van der Waals surface area (Å²) in [5, 5.41) is 6.67. The van der Waals surface area contributed by atoms with Crippen LogP contribution in [0.3, 0.4) is 0 Å². The molecule has 4 nitrogen and oxygen atoms in total. The maximum absolute atomic E-state index is 11.8. The van der Waals surface area contributed by atoms with E-state index in [1.165, 1.54) is 0 Å². The molecule has 0 aliphatic carbocycles. The molecule has 1 aliphatic rings. The Labute approximate surface area is 104 Å². The number of piperazine rings is 1. The number of ether oxygens (including phenoxy) is 1. The van der Waals surface area contributed by atoms with Crippen molar-refractivity contribution in [3.05, 3.63) is 0 Å². The molecule has 0 saturated carbocycles. The first-order valence-electron chi connectivity index (χ1n) is 6.29. The molecule has 1 saturated heterocycles. The average Bonchev–Trinajstić information content (AvgIpc) is 2.14. The smallest absolute Gasteiger partial charge is 0.324 e. The summed E-state index contributed by atoms with van der Waals surface area (Å²) < 4.78 is 5.36. The van der Waals surface area contributed by atoms with E-state index in [0.29, 0.717) is 12.6 Å². The fraction of sp³-hybridized carbons (Fsp3) is 0.923. The lowest BCUT2D eigenvalue weighted by Crippen LogP contribution is -2.61. The van der Waals surface area contributed by atoms with E-state index in [-0.39, 0.29) is 17.4 Å². The summed E-state index contributed by atoms with van der Waals surface area (Å²) in [6.45, 7) is 13.7. The van der Waals surface area contributed by atoms with E-state index in [1.807, 2.05) is 20.8 Å². The highest BCUT2D eigenvalue weighted by atomic mass is 16.6. The predicted octanol–water partition coefficient (Wildman–Crippen LogP) is 1.30. The van der Waals surface area contributed by atoms with Crippen LogP contribution in [0.2, 0.25) is 0 Å². The van der Waals surface area contributed by atoms with Crippen molar-refractivity contribution in [2.75, 3.05) is 13.1 Å². The van der Waals surface area contributed by atoms with Gasteiger partial charge in [-0.25, -0.2) is 0 Å². The fourth-order valence-corrected chi connectivity index (χ4v) is 1.82. The highest BCUT2D eigenvalue weighted by molar-refractivity contribution is 5.76. The quantitative estimate of drug-likeness (QED) is 0.681. The van der Waals surface area contributed by atoms with Gasteiger partial charge < -0.3 is 15.4 Å². The third-order valence-electron chi connectivity index (χ3n) is 2.87. The van der Waals surface area contributed by atoms with Crippen molar-refractivity contribution in [3.63, 3.8) is 0 Å². The zero-order chi connectivity index (χ0) is 13.3. The van der Waals surface area contributed by atoms with Gasteiger partial charge in [-0.1, -0.05) is 20.8 Å². The molecule has 0 radical (unpaired) electrons. The first-order chi connectivity index (χ1) is 7.59. The van der Waals surface area contributed by atoms with E-state index in [2.05, 4.69) is 31.4 Å². The Hall–Kier alpha value is -0.610. The maximum Gasteiger partial charge on any atom is 0.324 e. The normalized spacial score (nSPS) is 26.7. The molecule has 0 aromatic rings. The SMILES string of the molecule is CC(C)(C)OC(=O)C1CNC(C(C)(C)C)CN1. The number of carbonyl (C=O) groups is 1. The summed E-state index contributed by atoms with van der Waals surface area (Å²) in [6, 6.07) is 0.161. The standard InChI is InChI=1S/C13H26N2O2/c1-12(2,3)10-8-14-9(7-15-10)11(16)17-13(4,5)6/h9-10,14-15H,7-8H2,1-6H3. The zero-order valence-corrected chi connectivity index (χ0v) is 11.9. The molecular formula is C13H26N2O2. The summed E-state index contributed by atoms with van der Waals surface area (Å²) in [5.74, 6) is -0.169. The highest BCUT2D eigenvalue weighted by Crippen LogP contribution is 2.20. The van der Waals surface area contributed by atoms with Gasteiger partial charge >= 0.3 is 5.97 Å². The van der Waals surface area contributed by atoms with Crippen molar-refractivity contribution >= 4 is 5.97 Å². The Morgan fingerprint density at radius 1 is 1.06 bits per heavy atom. The van der Waals surface area contributed by atoms with Gasteiger partial charge in [0.05, 0.1) is 0 Å². The molecule has 1 heterocycles. The summed E-state index contributed by atoms with van der Waals surface area (Å²) in [5.41, 5.74) is -0.217. The van der Waals surface area contributed by atoms with E-state index in [0.717, 1.165) is 6.54 Å². The lowest BCUT2D eigenvalue weighted by atomic mass is 9.85. The molecule has 2 unspecified atom stereocenters. The molecule has 1 aliphatic heterocycles. The van der Waals surface area contributed by atoms with Gasteiger partial charge in [-0.05, 0) is 26.2 Å². The van der Waals surface area contributed by atoms with Gasteiger partial charge in [-0.15, -0.1) is 0 Å². The first-order valence-corrected chi connectivity index (χ1v) is 6.29. The summed E-state index contributed by atoms with van der Waals surface area (Å²) in [4.78, 5) is 11.8. The van der Waals surface area contributed by atoms with Crippen LogP contribution in [-0.2, 0) is 9.53 Å². The molecular weight excluding hydrogens is 216 g/mol. The molecule has 0 aromatic heterocycles. The molecule has 1 rings (SSSR count). The van der Waals surface area contributed by atoms with E-state index in [9.17, 15) is 4.79 Å². The number of hydrogen-bond acceptors (Lipinski definition) is 4. The summed E-state index contributed by atoms with van der Waals surface area (Å²) in [6.07, 6.45) is 0. The second-order valence-corrected chi connectivity index (χ2v) is 6.82. The van der Waals surface area contributed by atoms with Crippen LogP contribution in [0.25, 0.3) is 0 Å². The molecule has 2 N–H and O–H groups in total. The van der Waals surface area contributed by atoms with E-state index in [1.54, 1.807) is 0 Å². The second-order valence-electron chi connectivity index (χ2n) is 6.82. The van der Waals surface area contributed by atoms with Crippen LogP contribution in [0, 0.1) is 5.41 Å². The van der Waals surface area contributed by atoms with Crippen molar-refractivity contribution < 1.29 is 9.53 Å². The predicted molar refractivity (Wildman–Crippen MR) is 68.9 cm³/mol. The van der Waals surface area contributed by atoms with Crippen molar-refractivity contribution in [2.24, 2.45) is 5.41 Å². The lowest BCUT2D eigenvalue weighted by Gasteiger charge is -2.38. The summed E-state index contributed by atoms with van der Waals surface area (Å²) >= 11 is 0. The molecule has 0 aromatic carbocycles. The Balaban J connectivity index is 2.45. The highest BCUT2D eigenvalue weighted by Gasteiger charge is 2.33. The Morgan fingerprint density at radius 2 is 1.65 bits per heavy atom. The van der Waals surface area contributed by atoms with Crippen molar-refractivity contribution in [2.45, 2.75) is 59.2 Å². The van der Waals surface area contributed by atoms with Crippen molar-refractivity contribution in [1.82, 2.24) is 10.6 Å². The fourth-order valence-electron chi connectivity index (χ4n) is 1.82. The van der Waals surface area contributed by atoms with Gasteiger partial charge in [0.15, 0.2) is 0 Å². The minimum atomic E-state index is -0.417. The molecule has 0 bridgehead atoms. The third-order valence-corrected chi connectivity index (χ3v) is 2.87. The molecule has 2 atom stereocenters. The first kappa shape index (κ1) is 14.5. The third kappa shape index (κ3) is 4.64. The van der Waals surface area contributed by atoms with Crippen molar-refractivity contribution in [3.8, 4) is 0 Å². The van der Waals surface area contributed by atoms with Crippen LogP contribution < -0.4 is 10.6 Å². The Bertz CT molecular complexity index is 268. The number of esters is 1. The van der Waals surface area contributed by atoms with Crippen LogP contribution >= 0.6 is 0 Å².